The van der Waals surface area contributed by atoms with E-state index in [0.29, 0.717) is 6.42 Å². The zero-order valence-corrected chi connectivity index (χ0v) is 15.9. The van der Waals surface area contributed by atoms with Gasteiger partial charge in [0.1, 0.15) is 5.78 Å². The summed E-state index contributed by atoms with van der Waals surface area (Å²) in [7, 11) is -1.90. The summed E-state index contributed by atoms with van der Waals surface area (Å²) in [5.41, 5.74) is 1.08. The monoisotopic (exact) mass is 356 g/mol. The molecule has 1 atom stereocenters. The molecule has 0 spiro atoms. The Balaban J connectivity index is 3.02. The highest BCUT2D eigenvalue weighted by atomic mass is 79.9. The predicted octanol–water partition coefficient (Wildman–Crippen LogP) is 5.49. The Hall–Kier alpha value is -0.453. The Kier molecular flexibility index (Phi) is 5.76. The molecule has 0 N–H and O–H groups in total. The van der Waals surface area contributed by atoms with E-state index in [4.69, 9.17) is 4.43 Å². The van der Waals surface area contributed by atoms with Crippen molar-refractivity contribution in [2.24, 2.45) is 0 Å². The summed E-state index contributed by atoms with van der Waals surface area (Å²) in [6.45, 7) is 12.7. The minimum atomic E-state index is -1.90. The molecular formula is C16H25BrO2Si. The van der Waals surface area contributed by atoms with Crippen molar-refractivity contribution >= 4 is 30.0 Å². The topological polar surface area (TPSA) is 26.3 Å². The van der Waals surface area contributed by atoms with Crippen LogP contribution in [0.4, 0.5) is 0 Å². The molecule has 112 valence electrons. The molecule has 4 heteroatoms. The van der Waals surface area contributed by atoms with Crippen molar-refractivity contribution in [2.45, 2.75) is 58.4 Å². The molecule has 2 nitrogen and oxygen atoms in total. The van der Waals surface area contributed by atoms with Crippen LogP contribution in [0.1, 0.15) is 45.8 Å². The van der Waals surface area contributed by atoms with Crippen molar-refractivity contribution in [3.05, 3.63) is 34.3 Å². The van der Waals surface area contributed by atoms with Crippen LogP contribution in [0.25, 0.3) is 0 Å². The summed E-state index contributed by atoms with van der Waals surface area (Å²) < 4.78 is 7.48. The number of rotatable bonds is 5. The fourth-order valence-electron chi connectivity index (χ4n) is 1.70. The van der Waals surface area contributed by atoms with Crippen LogP contribution >= 0.6 is 15.9 Å². The maximum atomic E-state index is 11.6. The normalized spacial score (nSPS) is 14.2. The summed E-state index contributed by atoms with van der Waals surface area (Å²) >= 11 is 3.44. The molecule has 0 aliphatic rings. The predicted molar refractivity (Wildman–Crippen MR) is 90.5 cm³/mol. The first-order chi connectivity index (χ1) is 9.03. The highest BCUT2D eigenvalue weighted by Crippen LogP contribution is 2.40. The molecular weight excluding hydrogens is 332 g/mol. The third-order valence-electron chi connectivity index (χ3n) is 3.96. The lowest BCUT2D eigenvalue weighted by Gasteiger charge is -2.39. The van der Waals surface area contributed by atoms with Gasteiger partial charge in [-0.1, -0.05) is 48.8 Å². The second kappa shape index (κ2) is 6.54. The Labute approximate surface area is 132 Å². The number of carbonyl (C=O) groups excluding carboxylic acids is 1. The van der Waals surface area contributed by atoms with Gasteiger partial charge in [0.25, 0.3) is 0 Å². The van der Waals surface area contributed by atoms with Gasteiger partial charge < -0.3 is 4.43 Å². The quantitative estimate of drug-likeness (QED) is 0.651. The summed E-state index contributed by atoms with van der Waals surface area (Å²) in [6.07, 6.45) is 0.301. The molecule has 0 amide bonds. The van der Waals surface area contributed by atoms with Crippen LogP contribution in [0.15, 0.2) is 28.7 Å². The van der Waals surface area contributed by atoms with Crippen LogP contribution in [0.5, 0.6) is 0 Å². The first-order valence-corrected chi connectivity index (χ1v) is 10.7. The molecule has 0 aliphatic heterocycles. The van der Waals surface area contributed by atoms with E-state index in [0.717, 1.165) is 10.0 Å². The molecule has 0 bridgehead atoms. The average Bonchev–Trinajstić information content (AvgIpc) is 2.26. The zero-order valence-electron chi connectivity index (χ0n) is 13.3. The molecule has 0 aromatic heterocycles. The fraction of sp³-hybridized carbons (Fsp3) is 0.562. The molecule has 0 heterocycles. The lowest BCUT2D eigenvalue weighted by atomic mass is 10.1. The number of benzene rings is 1. The number of hydrogen-bond acceptors (Lipinski definition) is 2. The van der Waals surface area contributed by atoms with Crippen LogP contribution in [0.3, 0.4) is 0 Å². The van der Waals surface area contributed by atoms with Crippen molar-refractivity contribution in [1.82, 2.24) is 0 Å². The highest BCUT2D eigenvalue weighted by molar-refractivity contribution is 9.10. The van der Waals surface area contributed by atoms with E-state index in [2.05, 4.69) is 49.8 Å². The average molecular weight is 357 g/mol. The van der Waals surface area contributed by atoms with E-state index in [1.54, 1.807) is 6.92 Å². The first-order valence-electron chi connectivity index (χ1n) is 6.95. The fourth-order valence-corrected chi connectivity index (χ4v) is 3.25. The summed E-state index contributed by atoms with van der Waals surface area (Å²) in [4.78, 5) is 11.6. The highest BCUT2D eigenvalue weighted by Gasteiger charge is 2.39. The third-order valence-corrected chi connectivity index (χ3v) is 8.97. The Morgan fingerprint density at radius 3 is 2.15 bits per heavy atom. The molecule has 1 rings (SSSR count). The number of halogens is 1. The lowest BCUT2D eigenvalue weighted by molar-refractivity contribution is -0.118. The smallest absolute Gasteiger partial charge is 0.192 e. The van der Waals surface area contributed by atoms with E-state index >= 15 is 0 Å². The second-order valence-corrected chi connectivity index (χ2v) is 12.5. The van der Waals surface area contributed by atoms with E-state index in [1.165, 1.54) is 0 Å². The van der Waals surface area contributed by atoms with Gasteiger partial charge in [-0.05, 0) is 42.8 Å². The lowest BCUT2D eigenvalue weighted by Crippen LogP contribution is -2.42. The molecule has 0 saturated carbocycles. The molecule has 0 fully saturated rings. The number of Topliss-reactive ketones (excluding diaryl/α,β-unsaturated/α-hetero) is 1. The number of ketones is 1. The van der Waals surface area contributed by atoms with Crippen LogP contribution < -0.4 is 0 Å². The molecule has 20 heavy (non-hydrogen) atoms. The Morgan fingerprint density at radius 2 is 1.75 bits per heavy atom. The number of carbonyl (C=O) groups is 1. The van der Waals surface area contributed by atoms with Gasteiger partial charge in [0, 0.05) is 10.9 Å². The SMILES string of the molecule is CC(=O)CC(O[Si](C)(C)C(C)(C)C)c1ccc(Br)cc1. The Bertz CT molecular complexity index is 460. The second-order valence-electron chi connectivity index (χ2n) is 6.82. The van der Waals surface area contributed by atoms with Crippen LogP contribution in [-0.2, 0) is 9.22 Å². The van der Waals surface area contributed by atoms with E-state index in [-0.39, 0.29) is 16.9 Å². The van der Waals surface area contributed by atoms with E-state index in [1.807, 2.05) is 24.3 Å². The largest absolute Gasteiger partial charge is 0.409 e. The van der Waals surface area contributed by atoms with Gasteiger partial charge in [-0.15, -0.1) is 0 Å². The van der Waals surface area contributed by atoms with Crippen molar-refractivity contribution in [3.63, 3.8) is 0 Å². The van der Waals surface area contributed by atoms with E-state index in [9.17, 15) is 4.79 Å². The summed E-state index contributed by atoms with van der Waals surface area (Å²) in [5, 5.41) is 0.136. The molecule has 1 unspecified atom stereocenters. The number of hydrogen-bond donors (Lipinski definition) is 0. The first kappa shape index (κ1) is 17.6. The molecule has 1 aromatic carbocycles. The van der Waals surface area contributed by atoms with Crippen molar-refractivity contribution < 1.29 is 9.22 Å². The summed E-state index contributed by atoms with van der Waals surface area (Å²) in [5.74, 6) is 0.164. The summed E-state index contributed by atoms with van der Waals surface area (Å²) in [6, 6.07) is 8.06. The maximum Gasteiger partial charge on any atom is 0.192 e. The minimum absolute atomic E-state index is 0.136. The van der Waals surface area contributed by atoms with Gasteiger partial charge >= 0.3 is 0 Å². The Morgan fingerprint density at radius 1 is 1.25 bits per heavy atom. The molecule has 0 radical (unpaired) electrons. The van der Waals surface area contributed by atoms with Crippen LogP contribution in [0.2, 0.25) is 18.1 Å². The third kappa shape index (κ3) is 4.83. The van der Waals surface area contributed by atoms with Gasteiger partial charge in [0.2, 0.25) is 0 Å². The van der Waals surface area contributed by atoms with Crippen LogP contribution in [-0.4, -0.2) is 14.1 Å². The van der Waals surface area contributed by atoms with Crippen LogP contribution in [0, 0.1) is 0 Å². The molecule has 0 aliphatic carbocycles. The van der Waals surface area contributed by atoms with Gasteiger partial charge in [0.05, 0.1) is 6.10 Å². The standard InChI is InChI=1S/C16H25BrO2Si/c1-12(18)11-15(13-7-9-14(17)10-8-13)19-20(5,6)16(2,3)4/h7-10,15H,11H2,1-6H3. The van der Waals surface area contributed by atoms with E-state index < -0.39 is 8.32 Å². The minimum Gasteiger partial charge on any atom is -0.409 e. The van der Waals surface area contributed by atoms with Gasteiger partial charge in [-0.2, -0.15) is 0 Å². The maximum absolute atomic E-state index is 11.6. The van der Waals surface area contributed by atoms with Gasteiger partial charge in [-0.3, -0.25) is 4.79 Å². The molecule has 0 saturated heterocycles. The molecule has 1 aromatic rings. The van der Waals surface area contributed by atoms with Gasteiger partial charge in [0.15, 0.2) is 8.32 Å². The van der Waals surface area contributed by atoms with Crippen molar-refractivity contribution in [1.29, 1.82) is 0 Å². The zero-order chi connectivity index (χ0) is 15.6. The van der Waals surface area contributed by atoms with Crippen molar-refractivity contribution in [2.75, 3.05) is 0 Å². The van der Waals surface area contributed by atoms with Crippen molar-refractivity contribution in [3.8, 4) is 0 Å². The van der Waals surface area contributed by atoms with Gasteiger partial charge in [-0.25, -0.2) is 0 Å².